The highest BCUT2D eigenvalue weighted by atomic mass is 16.5. The van der Waals surface area contributed by atoms with E-state index in [9.17, 15) is 4.79 Å². The summed E-state index contributed by atoms with van der Waals surface area (Å²) in [7, 11) is 0. The van der Waals surface area contributed by atoms with Crippen LogP contribution in [-0.4, -0.2) is 5.78 Å². The Bertz CT molecular complexity index is 1040. The first-order chi connectivity index (χ1) is 13.3. The van der Waals surface area contributed by atoms with Gasteiger partial charge in [-0.15, -0.1) is 0 Å². The minimum atomic E-state index is -0.157. The van der Waals surface area contributed by atoms with Crippen molar-refractivity contribution < 1.29 is 13.9 Å². The number of carbonyl (C=O) groups excluding carboxylic acids is 1. The van der Waals surface area contributed by atoms with Gasteiger partial charge in [0.05, 0.1) is 0 Å². The topological polar surface area (TPSA) is 39.4 Å². The van der Waals surface area contributed by atoms with Gasteiger partial charge in [-0.25, -0.2) is 0 Å². The van der Waals surface area contributed by atoms with Gasteiger partial charge in [-0.1, -0.05) is 66.7 Å². The van der Waals surface area contributed by atoms with E-state index >= 15 is 0 Å². The molecule has 3 heteroatoms. The van der Waals surface area contributed by atoms with E-state index < -0.39 is 0 Å². The number of fused-ring (bicyclic) bond motifs is 1. The van der Waals surface area contributed by atoms with E-state index in [0.717, 1.165) is 22.3 Å². The van der Waals surface area contributed by atoms with Crippen molar-refractivity contribution in [3.63, 3.8) is 0 Å². The molecular formula is C24H18O3. The van der Waals surface area contributed by atoms with Gasteiger partial charge in [-0.05, 0) is 41.5 Å². The van der Waals surface area contributed by atoms with Crippen LogP contribution in [-0.2, 0) is 6.61 Å². The number of furan rings is 1. The Morgan fingerprint density at radius 3 is 2.41 bits per heavy atom. The number of carbonyl (C=O) groups is 1. The number of allylic oxidation sites excluding steroid dienone is 1. The molecule has 0 amide bonds. The van der Waals surface area contributed by atoms with Crippen LogP contribution >= 0.6 is 0 Å². The van der Waals surface area contributed by atoms with Crippen LogP contribution in [0.3, 0.4) is 0 Å². The SMILES string of the molecule is O=C(C=Cc1ccc(OCc2ccccc2)cc1)c1cc2ccccc2o1. The van der Waals surface area contributed by atoms with Gasteiger partial charge >= 0.3 is 0 Å². The molecule has 0 N–H and O–H groups in total. The lowest BCUT2D eigenvalue weighted by Crippen LogP contribution is -1.94. The molecule has 0 saturated carbocycles. The Kier molecular flexibility index (Phi) is 4.84. The Morgan fingerprint density at radius 2 is 1.63 bits per heavy atom. The number of rotatable bonds is 6. The maximum Gasteiger partial charge on any atom is 0.221 e. The summed E-state index contributed by atoms with van der Waals surface area (Å²) < 4.78 is 11.4. The molecule has 1 aromatic heterocycles. The second-order valence-electron chi connectivity index (χ2n) is 6.19. The molecule has 1 heterocycles. The molecule has 0 unspecified atom stereocenters. The van der Waals surface area contributed by atoms with Crippen LogP contribution in [0.2, 0.25) is 0 Å². The zero-order valence-electron chi connectivity index (χ0n) is 14.7. The number of hydrogen-bond acceptors (Lipinski definition) is 3. The van der Waals surface area contributed by atoms with Crippen LogP contribution in [0.4, 0.5) is 0 Å². The molecule has 0 aliphatic carbocycles. The highest BCUT2D eigenvalue weighted by Crippen LogP contribution is 2.20. The highest BCUT2D eigenvalue weighted by Gasteiger charge is 2.08. The number of ether oxygens (including phenoxy) is 1. The predicted octanol–water partition coefficient (Wildman–Crippen LogP) is 5.91. The molecule has 4 aromatic rings. The van der Waals surface area contributed by atoms with Crippen LogP contribution in [0.1, 0.15) is 21.7 Å². The molecule has 0 atom stereocenters. The first-order valence-electron chi connectivity index (χ1n) is 8.76. The summed E-state index contributed by atoms with van der Waals surface area (Å²) in [5.41, 5.74) is 2.76. The van der Waals surface area contributed by atoms with Crippen molar-refractivity contribution in [2.24, 2.45) is 0 Å². The van der Waals surface area contributed by atoms with E-state index in [0.29, 0.717) is 18.0 Å². The number of ketones is 1. The number of para-hydroxylation sites is 1. The minimum absolute atomic E-state index is 0.157. The van der Waals surface area contributed by atoms with Gasteiger partial charge < -0.3 is 9.15 Å². The molecule has 3 aromatic carbocycles. The van der Waals surface area contributed by atoms with Crippen molar-refractivity contribution in [1.29, 1.82) is 0 Å². The van der Waals surface area contributed by atoms with E-state index in [1.807, 2.05) is 78.9 Å². The van der Waals surface area contributed by atoms with Crippen molar-refractivity contribution in [3.8, 4) is 5.75 Å². The van der Waals surface area contributed by atoms with Crippen molar-refractivity contribution >= 4 is 22.8 Å². The van der Waals surface area contributed by atoms with Gasteiger partial charge in [-0.3, -0.25) is 4.79 Å². The third kappa shape index (κ3) is 4.15. The van der Waals surface area contributed by atoms with Gasteiger partial charge in [0.1, 0.15) is 17.9 Å². The summed E-state index contributed by atoms with van der Waals surface area (Å²) >= 11 is 0. The van der Waals surface area contributed by atoms with Gasteiger partial charge in [-0.2, -0.15) is 0 Å². The van der Waals surface area contributed by atoms with Crippen LogP contribution in [0.25, 0.3) is 17.0 Å². The van der Waals surface area contributed by atoms with Crippen LogP contribution in [0.15, 0.2) is 95.4 Å². The average Bonchev–Trinajstić information content (AvgIpc) is 3.16. The van der Waals surface area contributed by atoms with Crippen LogP contribution in [0.5, 0.6) is 5.75 Å². The second-order valence-corrected chi connectivity index (χ2v) is 6.19. The summed E-state index contributed by atoms with van der Waals surface area (Å²) in [5.74, 6) is 0.977. The molecule has 0 aliphatic rings. The summed E-state index contributed by atoms with van der Waals surface area (Å²) in [6.45, 7) is 0.528. The summed E-state index contributed by atoms with van der Waals surface area (Å²) in [6.07, 6.45) is 3.30. The fourth-order valence-corrected chi connectivity index (χ4v) is 2.77. The molecule has 0 radical (unpaired) electrons. The summed E-state index contributed by atoms with van der Waals surface area (Å²) in [4.78, 5) is 12.3. The lowest BCUT2D eigenvalue weighted by atomic mass is 10.1. The third-order valence-electron chi connectivity index (χ3n) is 4.22. The maximum absolute atomic E-state index is 12.3. The molecule has 3 nitrogen and oxygen atoms in total. The van der Waals surface area contributed by atoms with Gasteiger partial charge in [0.2, 0.25) is 5.78 Å². The van der Waals surface area contributed by atoms with E-state index in [1.54, 1.807) is 12.1 Å². The first-order valence-corrected chi connectivity index (χ1v) is 8.76. The zero-order valence-corrected chi connectivity index (χ0v) is 14.7. The zero-order chi connectivity index (χ0) is 18.5. The Labute approximate surface area is 157 Å². The molecule has 132 valence electrons. The maximum atomic E-state index is 12.3. The monoisotopic (exact) mass is 354 g/mol. The lowest BCUT2D eigenvalue weighted by molar-refractivity contribution is 0.102. The standard InChI is InChI=1S/C24H18O3/c25-22(24-16-20-8-4-5-9-23(20)27-24)15-12-18-10-13-21(14-11-18)26-17-19-6-2-1-3-7-19/h1-16H,17H2. The van der Waals surface area contributed by atoms with Crippen LogP contribution in [0, 0.1) is 0 Å². The smallest absolute Gasteiger partial charge is 0.221 e. The van der Waals surface area contributed by atoms with Crippen LogP contribution < -0.4 is 4.74 Å². The fourth-order valence-electron chi connectivity index (χ4n) is 2.77. The van der Waals surface area contributed by atoms with Gasteiger partial charge in [0.25, 0.3) is 0 Å². The molecule has 0 aliphatic heterocycles. The molecule has 0 fully saturated rings. The average molecular weight is 354 g/mol. The van der Waals surface area contributed by atoms with Crippen molar-refractivity contribution in [2.45, 2.75) is 6.61 Å². The Balaban J connectivity index is 1.39. The van der Waals surface area contributed by atoms with Crippen molar-refractivity contribution in [3.05, 3.63) is 108 Å². The van der Waals surface area contributed by atoms with E-state index in [4.69, 9.17) is 9.15 Å². The quantitative estimate of drug-likeness (QED) is 0.319. The number of hydrogen-bond donors (Lipinski definition) is 0. The predicted molar refractivity (Wildman–Crippen MR) is 107 cm³/mol. The fraction of sp³-hybridized carbons (Fsp3) is 0.0417. The Morgan fingerprint density at radius 1 is 0.889 bits per heavy atom. The van der Waals surface area contributed by atoms with E-state index in [1.165, 1.54) is 6.08 Å². The molecule has 0 saturated heterocycles. The second kappa shape index (κ2) is 7.75. The van der Waals surface area contributed by atoms with Gasteiger partial charge in [0.15, 0.2) is 5.76 Å². The van der Waals surface area contributed by atoms with Crippen molar-refractivity contribution in [2.75, 3.05) is 0 Å². The van der Waals surface area contributed by atoms with E-state index in [-0.39, 0.29) is 5.78 Å². The summed E-state index contributed by atoms with van der Waals surface area (Å²) in [5, 5.41) is 0.925. The van der Waals surface area contributed by atoms with Crippen molar-refractivity contribution in [1.82, 2.24) is 0 Å². The molecule has 4 rings (SSSR count). The first kappa shape index (κ1) is 16.9. The third-order valence-corrected chi connectivity index (χ3v) is 4.22. The van der Waals surface area contributed by atoms with E-state index in [2.05, 4.69) is 0 Å². The normalized spacial score (nSPS) is 11.1. The minimum Gasteiger partial charge on any atom is -0.489 e. The summed E-state index contributed by atoms with van der Waals surface area (Å²) in [6, 6.07) is 27.0. The molecule has 27 heavy (non-hydrogen) atoms. The number of benzene rings is 3. The highest BCUT2D eigenvalue weighted by molar-refractivity contribution is 6.06. The van der Waals surface area contributed by atoms with Gasteiger partial charge in [0, 0.05) is 5.39 Å². The molecular weight excluding hydrogens is 336 g/mol. The lowest BCUT2D eigenvalue weighted by Gasteiger charge is -2.06. The molecule has 0 spiro atoms. The molecule has 0 bridgehead atoms. The largest absolute Gasteiger partial charge is 0.489 e. The Hall–Kier alpha value is -3.59.